The Morgan fingerprint density at radius 1 is 1.30 bits per heavy atom. The third-order valence-electron chi connectivity index (χ3n) is 2.90. The Morgan fingerprint density at radius 2 is 1.95 bits per heavy atom. The van der Waals surface area contributed by atoms with Gasteiger partial charge in [0.15, 0.2) is 0 Å². The smallest absolute Gasteiger partial charge is 0.325 e. The van der Waals surface area contributed by atoms with Crippen LogP contribution in [0.3, 0.4) is 0 Å². The molecule has 0 aliphatic carbocycles. The Labute approximate surface area is 125 Å². The zero-order chi connectivity index (χ0) is 14.7. The summed E-state index contributed by atoms with van der Waals surface area (Å²) in [5.74, 6) is 0.138. The van der Waals surface area contributed by atoms with Crippen LogP contribution in [0.25, 0.3) is 5.69 Å². The third-order valence-corrected chi connectivity index (χ3v) is 4.37. The van der Waals surface area contributed by atoms with Crippen molar-refractivity contribution in [3.05, 3.63) is 47.1 Å². The van der Waals surface area contributed by atoms with Gasteiger partial charge in [-0.3, -0.25) is 9.36 Å². The van der Waals surface area contributed by atoms with Gasteiger partial charge in [-0.25, -0.2) is 4.79 Å². The van der Waals surface area contributed by atoms with Crippen molar-refractivity contribution in [1.29, 1.82) is 0 Å². The van der Waals surface area contributed by atoms with Crippen molar-refractivity contribution in [3.8, 4) is 5.69 Å². The van der Waals surface area contributed by atoms with Crippen LogP contribution in [0.5, 0.6) is 0 Å². The van der Waals surface area contributed by atoms with E-state index in [0.717, 1.165) is 5.69 Å². The number of H-pyrrole nitrogens is 1. The molecule has 106 valence electrons. The van der Waals surface area contributed by atoms with E-state index in [-0.39, 0.29) is 22.3 Å². The van der Waals surface area contributed by atoms with Crippen molar-refractivity contribution in [2.75, 3.05) is 5.32 Å². The van der Waals surface area contributed by atoms with Gasteiger partial charge in [0.05, 0.1) is 10.5 Å². The number of anilines is 1. The first-order valence-corrected chi connectivity index (χ1v) is 7.22. The lowest BCUT2D eigenvalue weighted by atomic mass is 10.1. The Bertz CT molecular complexity index is 643. The largest absolute Gasteiger partial charge is 0.330 e. The first-order valence-electron chi connectivity index (χ1n) is 6.30. The number of alkyl halides is 1. The van der Waals surface area contributed by atoms with Gasteiger partial charge in [-0.05, 0) is 30.2 Å². The van der Waals surface area contributed by atoms with Crippen LogP contribution in [0.4, 0.5) is 5.69 Å². The zero-order valence-electron chi connectivity index (χ0n) is 11.3. The third kappa shape index (κ3) is 3.19. The average molecular weight is 338 g/mol. The van der Waals surface area contributed by atoms with Gasteiger partial charge in [0.25, 0.3) is 0 Å². The first-order chi connectivity index (χ1) is 9.49. The number of rotatable bonds is 4. The molecule has 2 rings (SSSR count). The molecule has 2 N–H and O–H groups in total. The molecule has 1 unspecified atom stereocenters. The molecule has 0 bridgehead atoms. The molecule has 1 atom stereocenters. The molecule has 1 aromatic heterocycles. The lowest BCUT2D eigenvalue weighted by molar-refractivity contribution is -0.116. The van der Waals surface area contributed by atoms with Gasteiger partial charge in [0, 0.05) is 18.1 Å². The summed E-state index contributed by atoms with van der Waals surface area (Å²) in [6, 6.07) is 7.10. The highest BCUT2D eigenvalue weighted by Gasteiger charge is 2.18. The van der Waals surface area contributed by atoms with E-state index >= 15 is 0 Å². The number of amides is 1. The van der Waals surface area contributed by atoms with Crippen LogP contribution in [-0.2, 0) is 4.79 Å². The van der Waals surface area contributed by atoms with E-state index in [0.29, 0.717) is 5.69 Å². The predicted octanol–water partition coefficient (Wildman–Crippen LogP) is 2.52. The van der Waals surface area contributed by atoms with Gasteiger partial charge in [-0.2, -0.15) is 0 Å². The standard InChI is InChI=1S/C14H16BrN3O2/c1-9(2)12(15)13(19)17-10-3-5-11(6-4-10)18-8-7-16-14(18)20/h3-9,12H,1-2H3,(H,16,20)(H,17,19). The molecule has 0 aliphatic rings. The molecule has 0 radical (unpaired) electrons. The van der Waals surface area contributed by atoms with Gasteiger partial charge < -0.3 is 10.3 Å². The van der Waals surface area contributed by atoms with Crippen molar-refractivity contribution in [2.45, 2.75) is 18.7 Å². The first kappa shape index (κ1) is 14.6. The van der Waals surface area contributed by atoms with Crippen molar-refractivity contribution >= 4 is 27.5 Å². The van der Waals surface area contributed by atoms with Gasteiger partial charge >= 0.3 is 5.69 Å². The van der Waals surface area contributed by atoms with E-state index in [1.165, 1.54) is 4.57 Å². The van der Waals surface area contributed by atoms with Crippen LogP contribution in [-0.4, -0.2) is 20.3 Å². The monoisotopic (exact) mass is 337 g/mol. The minimum absolute atomic E-state index is 0.0773. The van der Waals surface area contributed by atoms with Gasteiger partial charge in [0.1, 0.15) is 0 Å². The summed E-state index contributed by atoms with van der Waals surface area (Å²) in [5.41, 5.74) is 1.25. The average Bonchev–Trinajstić information content (AvgIpc) is 2.85. The van der Waals surface area contributed by atoms with Crippen LogP contribution in [0.2, 0.25) is 0 Å². The second kappa shape index (κ2) is 6.09. The lowest BCUT2D eigenvalue weighted by Gasteiger charge is -2.14. The zero-order valence-corrected chi connectivity index (χ0v) is 12.8. The van der Waals surface area contributed by atoms with E-state index in [2.05, 4.69) is 26.2 Å². The molecule has 1 aromatic carbocycles. The number of benzene rings is 1. The van der Waals surface area contributed by atoms with Crippen molar-refractivity contribution in [3.63, 3.8) is 0 Å². The summed E-state index contributed by atoms with van der Waals surface area (Å²) in [4.78, 5) is 25.7. The van der Waals surface area contributed by atoms with E-state index in [4.69, 9.17) is 0 Å². The Kier molecular flexibility index (Phi) is 4.44. The fourth-order valence-corrected chi connectivity index (χ4v) is 1.86. The molecule has 1 heterocycles. The highest BCUT2D eigenvalue weighted by Crippen LogP contribution is 2.16. The van der Waals surface area contributed by atoms with Crippen LogP contribution >= 0.6 is 15.9 Å². The number of aromatic nitrogens is 2. The van der Waals surface area contributed by atoms with E-state index in [1.807, 2.05) is 13.8 Å². The number of nitrogens with one attached hydrogen (secondary N) is 2. The molecule has 5 nitrogen and oxygen atoms in total. The molecule has 0 spiro atoms. The number of imidazole rings is 1. The highest BCUT2D eigenvalue weighted by molar-refractivity contribution is 9.10. The summed E-state index contributed by atoms with van der Waals surface area (Å²) in [7, 11) is 0. The maximum absolute atomic E-state index is 11.9. The number of aromatic amines is 1. The molecule has 20 heavy (non-hydrogen) atoms. The second-order valence-corrected chi connectivity index (χ2v) is 5.80. The minimum Gasteiger partial charge on any atom is -0.325 e. The SMILES string of the molecule is CC(C)C(Br)C(=O)Nc1ccc(-n2cc[nH]c2=O)cc1. The number of hydrogen-bond acceptors (Lipinski definition) is 2. The minimum atomic E-state index is -0.227. The van der Waals surface area contributed by atoms with Gasteiger partial charge in [0.2, 0.25) is 5.91 Å². The summed E-state index contributed by atoms with van der Waals surface area (Å²) in [6.07, 6.45) is 3.24. The van der Waals surface area contributed by atoms with Crippen LogP contribution < -0.4 is 11.0 Å². The predicted molar refractivity (Wildman–Crippen MR) is 82.6 cm³/mol. The molecule has 0 saturated carbocycles. The molecule has 2 aromatic rings. The summed E-state index contributed by atoms with van der Waals surface area (Å²) >= 11 is 3.36. The number of nitrogens with zero attached hydrogens (tertiary/aromatic N) is 1. The number of carbonyl (C=O) groups excluding carboxylic acids is 1. The van der Waals surface area contributed by atoms with Crippen molar-refractivity contribution < 1.29 is 4.79 Å². The van der Waals surface area contributed by atoms with Crippen LogP contribution in [0.1, 0.15) is 13.8 Å². The molecule has 0 fully saturated rings. The fraction of sp³-hybridized carbons (Fsp3) is 0.286. The summed E-state index contributed by atoms with van der Waals surface area (Å²) in [6.45, 7) is 3.95. The number of halogens is 1. The van der Waals surface area contributed by atoms with Crippen molar-refractivity contribution in [1.82, 2.24) is 9.55 Å². The maximum atomic E-state index is 11.9. The maximum Gasteiger partial charge on any atom is 0.330 e. The van der Waals surface area contributed by atoms with Crippen molar-refractivity contribution in [2.24, 2.45) is 5.92 Å². The molecule has 1 amide bonds. The molecular weight excluding hydrogens is 322 g/mol. The van der Waals surface area contributed by atoms with E-state index < -0.39 is 0 Å². The summed E-state index contributed by atoms with van der Waals surface area (Å²) < 4.78 is 1.49. The Hall–Kier alpha value is -1.82. The van der Waals surface area contributed by atoms with Crippen LogP contribution in [0, 0.1) is 5.92 Å². The van der Waals surface area contributed by atoms with Gasteiger partial charge in [-0.15, -0.1) is 0 Å². The molecule has 0 saturated heterocycles. The number of hydrogen-bond donors (Lipinski definition) is 2. The molecular formula is C14H16BrN3O2. The summed E-state index contributed by atoms with van der Waals surface area (Å²) in [5, 5.41) is 2.83. The van der Waals surface area contributed by atoms with Crippen LogP contribution in [0.15, 0.2) is 41.5 Å². The van der Waals surface area contributed by atoms with E-state index in [1.54, 1.807) is 36.7 Å². The Balaban J connectivity index is 2.11. The fourth-order valence-electron chi connectivity index (χ4n) is 1.74. The molecule has 6 heteroatoms. The molecule has 0 aliphatic heterocycles. The normalized spacial score (nSPS) is 12.4. The van der Waals surface area contributed by atoms with E-state index in [9.17, 15) is 9.59 Å². The highest BCUT2D eigenvalue weighted by atomic mass is 79.9. The second-order valence-electron chi connectivity index (χ2n) is 4.82. The van der Waals surface area contributed by atoms with Gasteiger partial charge in [-0.1, -0.05) is 29.8 Å². The quantitative estimate of drug-likeness (QED) is 0.842. The Morgan fingerprint density at radius 3 is 2.45 bits per heavy atom. The number of carbonyl (C=O) groups is 1. The lowest BCUT2D eigenvalue weighted by Crippen LogP contribution is -2.26. The topological polar surface area (TPSA) is 66.9 Å².